The second kappa shape index (κ2) is 8.35. The quantitative estimate of drug-likeness (QED) is 0.683. The fourth-order valence-corrected chi connectivity index (χ4v) is 3.26. The molecule has 1 amide bonds. The summed E-state index contributed by atoms with van der Waals surface area (Å²) in [6.07, 6.45) is 0. The number of fused-ring (bicyclic) bond motifs is 1. The van der Waals surface area contributed by atoms with Crippen LogP contribution < -0.4 is 11.1 Å². The van der Waals surface area contributed by atoms with E-state index in [1.54, 1.807) is 16.0 Å². The summed E-state index contributed by atoms with van der Waals surface area (Å²) in [5.74, 6) is -0.158. The van der Waals surface area contributed by atoms with Gasteiger partial charge in [-0.2, -0.15) is 5.10 Å². The van der Waals surface area contributed by atoms with Gasteiger partial charge in [0.1, 0.15) is 0 Å². The molecule has 0 saturated carbocycles. The number of rotatable bonds is 4. The molecule has 3 heterocycles. The lowest BCUT2D eigenvalue weighted by atomic mass is 10.1. The second-order valence-corrected chi connectivity index (χ2v) is 7.56. The van der Waals surface area contributed by atoms with Crippen LogP contribution in [0.15, 0.2) is 23.6 Å². The summed E-state index contributed by atoms with van der Waals surface area (Å²) in [6.45, 7) is 6.03. The maximum absolute atomic E-state index is 12.8. The summed E-state index contributed by atoms with van der Waals surface area (Å²) in [5, 5.41) is 10.1. The van der Waals surface area contributed by atoms with Crippen molar-refractivity contribution < 1.29 is 4.79 Å². The summed E-state index contributed by atoms with van der Waals surface area (Å²) in [4.78, 5) is 18.5. The third-order valence-electron chi connectivity index (χ3n) is 3.69. The molecule has 142 valence electrons. The second-order valence-electron chi connectivity index (χ2n) is 6.61. The number of nitrogens with one attached hydrogen (secondary N) is 1. The fourth-order valence-electron chi connectivity index (χ4n) is 2.58. The molecule has 3 N–H and O–H groups in total. The number of pyridine rings is 1. The van der Waals surface area contributed by atoms with Gasteiger partial charge in [-0.05, 0) is 38.3 Å². The largest absolute Gasteiger partial charge is 0.350 e. The number of amides is 1. The maximum atomic E-state index is 12.8. The van der Waals surface area contributed by atoms with Crippen LogP contribution in [0.25, 0.3) is 21.6 Å². The summed E-state index contributed by atoms with van der Waals surface area (Å²) in [6, 6.07) is 5.80. The van der Waals surface area contributed by atoms with Gasteiger partial charge < -0.3 is 11.1 Å². The topological polar surface area (TPSA) is 85.8 Å². The Bertz CT molecular complexity index is 900. The molecule has 0 spiro atoms. The first-order valence-corrected chi connectivity index (χ1v) is 8.59. The lowest BCUT2D eigenvalue weighted by molar-refractivity contribution is 0.0947. The number of halogens is 2. The fraction of sp³-hybridized carbons (Fsp3) is 0.353. The normalized spacial score (nSPS) is 11.0. The molecule has 0 aromatic carbocycles. The Kier molecular flexibility index (Phi) is 7.18. The highest BCUT2D eigenvalue weighted by Gasteiger charge is 2.21. The standard InChI is InChI=1S/C17H21N5OS.2ClH/c1-10-14-11(16(23)19-9-17(2,3)18)8-12(13-6-5-7-24-13)20-15(14)22(4)21-10;;/h5-8H,9,18H2,1-4H3,(H,19,23);2*1H. The van der Waals surface area contributed by atoms with Crippen LogP contribution in [-0.4, -0.2) is 32.8 Å². The average Bonchev–Trinajstić information content (AvgIpc) is 3.13. The van der Waals surface area contributed by atoms with Crippen LogP contribution >= 0.6 is 36.2 Å². The molecule has 0 atom stereocenters. The maximum Gasteiger partial charge on any atom is 0.252 e. The van der Waals surface area contributed by atoms with Gasteiger partial charge in [-0.15, -0.1) is 36.2 Å². The number of carbonyl (C=O) groups is 1. The molecular weight excluding hydrogens is 393 g/mol. The Balaban J connectivity index is 0.00000169. The van der Waals surface area contributed by atoms with Crippen LogP contribution in [0, 0.1) is 6.92 Å². The van der Waals surface area contributed by atoms with Crippen molar-refractivity contribution in [2.75, 3.05) is 6.54 Å². The van der Waals surface area contributed by atoms with E-state index in [1.807, 2.05) is 51.4 Å². The zero-order chi connectivity index (χ0) is 17.5. The van der Waals surface area contributed by atoms with Crippen molar-refractivity contribution in [3.05, 3.63) is 34.8 Å². The summed E-state index contributed by atoms with van der Waals surface area (Å²) < 4.78 is 1.71. The third kappa shape index (κ3) is 4.54. The zero-order valence-corrected chi connectivity index (χ0v) is 17.5. The molecule has 0 aliphatic heterocycles. The molecule has 3 aromatic rings. The van der Waals surface area contributed by atoms with Gasteiger partial charge in [0.15, 0.2) is 5.65 Å². The van der Waals surface area contributed by atoms with Crippen LogP contribution in [0.3, 0.4) is 0 Å². The van der Waals surface area contributed by atoms with Gasteiger partial charge in [0.25, 0.3) is 5.91 Å². The Morgan fingerprint density at radius 2 is 2.08 bits per heavy atom. The Morgan fingerprint density at radius 1 is 1.38 bits per heavy atom. The summed E-state index contributed by atoms with van der Waals surface area (Å²) in [5.41, 5.74) is 8.35. The molecule has 0 saturated heterocycles. The molecule has 0 unspecified atom stereocenters. The number of hydrogen-bond donors (Lipinski definition) is 2. The Morgan fingerprint density at radius 3 is 2.65 bits per heavy atom. The molecule has 3 rings (SSSR count). The van der Waals surface area contributed by atoms with Gasteiger partial charge in [-0.25, -0.2) is 4.98 Å². The van der Waals surface area contributed by atoms with Crippen molar-refractivity contribution in [2.24, 2.45) is 12.8 Å². The minimum atomic E-state index is -0.470. The molecule has 9 heteroatoms. The lowest BCUT2D eigenvalue weighted by Gasteiger charge is -2.19. The minimum absolute atomic E-state index is 0. The number of aryl methyl sites for hydroxylation is 2. The summed E-state index contributed by atoms with van der Waals surface area (Å²) >= 11 is 1.59. The number of thiophene rings is 1. The van der Waals surface area contributed by atoms with Crippen molar-refractivity contribution in [1.82, 2.24) is 20.1 Å². The highest BCUT2D eigenvalue weighted by molar-refractivity contribution is 7.13. The molecule has 0 radical (unpaired) electrons. The number of hydrogen-bond acceptors (Lipinski definition) is 5. The van der Waals surface area contributed by atoms with Crippen LogP contribution in [0.5, 0.6) is 0 Å². The first-order valence-electron chi connectivity index (χ1n) is 7.71. The number of aromatic nitrogens is 3. The first-order chi connectivity index (χ1) is 11.3. The zero-order valence-electron chi connectivity index (χ0n) is 15.1. The van der Waals surface area contributed by atoms with E-state index in [0.29, 0.717) is 17.8 Å². The molecule has 0 aliphatic rings. The minimum Gasteiger partial charge on any atom is -0.350 e. The molecule has 6 nitrogen and oxygen atoms in total. The number of nitrogens with two attached hydrogens (primary N) is 1. The van der Waals surface area contributed by atoms with E-state index in [1.165, 1.54) is 0 Å². The number of nitrogens with zero attached hydrogens (tertiary/aromatic N) is 3. The van der Waals surface area contributed by atoms with Crippen molar-refractivity contribution >= 4 is 53.1 Å². The Hall–Kier alpha value is -1.67. The molecule has 0 fully saturated rings. The molecule has 0 aliphatic carbocycles. The van der Waals surface area contributed by atoms with Crippen molar-refractivity contribution in [2.45, 2.75) is 26.3 Å². The monoisotopic (exact) mass is 415 g/mol. The van der Waals surface area contributed by atoms with E-state index in [0.717, 1.165) is 21.7 Å². The van der Waals surface area contributed by atoms with E-state index >= 15 is 0 Å². The van der Waals surface area contributed by atoms with E-state index in [9.17, 15) is 4.79 Å². The van der Waals surface area contributed by atoms with Crippen molar-refractivity contribution in [1.29, 1.82) is 0 Å². The highest BCUT2D eigenvalue weighted by atomic mass is 35.5. The molecular formula is C17H23Cl2N5OS. The smallest absolute Gasteiger partial charge is 0.252 e. The van der Waals surface area contributed by atoms with Gasteiger partial charge in [0, 0.05) is 19.1 Å². The van der Waals surface area contributed by atoms with Crippen LogP contribution in [-0.2, 0) is 7.05 Å². The van der Waals surface area contributed by atoms with E-state index in [-0.39, 0.29) is 30.7 Å². The molecule has 0 bridgehead atoms. The van der Waals surface area contributed by atoms with E-state index in [2.05, 4.69) is 10.4 Å². The van der Waals surface area contributed by atoms with Crippen LogP contribution in [0.4, 0.5) is 0 Å². The predicted octanol–water partition coefficient (Wildman–Crippen LogP) is 3.32. The van der Waals surface area contributed by atoms with Crippen LogP contribution in [0.1, 0.15) is 29.9 Å². The Labute approximate surface area is 169 Å². The predicted molar refractivity (Wildman–Crippen MR) is 112 cm³/mol. The van der Waals surface area contributed by atoms with Crippen molar-refractivity contribution in [3.63, 3.8) is 0 Å². The number of carbonyl (C=O) groups excluding carboxylic acids is 1. The van der Waals surface area contributed by atoms with Gasteiger partial charge in [-0.1, -0.05) is 6.07 Å². The first kappa shape index (κ1) is 22.4. The van der Waals surface area contributed by atoms with Crippen LogP contribution in [0.2, 0.25) is 0 Å². The average molecular weight is 416 g/mol. The highest BCUT2D eigenvalue weighted by Crippen LogP contribution is 2.29. The van der Waals surface area contributed by atoms with E-state index < -0.39 is 5.54 Å². The van der Waals surface area contributed by atoms with Gasteiger partial charge in [0.2, 0.25) is 0 Å². The van der Waals surface area contributed by atoms with E-state index in [4.69, 9.17) is 10.7 Å². The van der Waals surface area contributed by atoms with Gasteiger partial charge in [-0.3, -0.25) is 9.48 Å². The van der Waals surface area contributed by atoms with Crippen molar-refractivity contribution in [3.8, 4) is 10.6 Å². The lowest BCUT2D eigenvalue weighted by Crippen LogP contribution is -2.45. The summed E-state index contributed by atoms with van der Waals surface area (Å²) in [7, 11) is 1.84. The van der Waals surface area contributed by atoms with Gasteiger partial charge >= 0.3 is 0 Å². The van der Waals surface area contributed by atoms with Gasteiger partial charge in [0.05, 0.1) is 27.2 Å². The molecule has 3 aromatic heterocycles. The SMILES string of the molecule is Cc1nn(C)c2nc(-c3cccs3)cc(C(=O)NCC(C)(C)N)c12.Cl.Cl. The molecule has 26 heavy (non-hydrogen) atoms. The third-order valence-corrected chi connectivity index (χ3v) is 4.58.